The summed E-state index contributed by atoms with van der Waals surface area (Å²) in [6.07, 6.45) is 5.77. The second-order valence-corrected chi connectivity index (χ2v) is 4.58. The smallest absolute Gasteiger partial charge is 0.218 e. The molecule has 2 unspecified atom stereocenters. The van der Waals surface area contributed by atoms with E-state index < -0.39 is 0 Å². The lowest BCUT2D eigenvalue weighted by Gasteiger charge is -2.27. The predicted molar refractivity (Wildman–Crippen MR) is 59.6 cm³/mol. The number of ether oxygens (including phenoxy) is 1. The highest BCUT2D eigenvalue weighted by molar-refractivity contribution is 6.29. The molecule has 0 saturated heterocycles. The molecule has 1 aromatic heterocycles. The minimum Gasteiger partial charge on any atom is -0.473 e. The van der Waals surface area contributed by atoms with Crippen LogP contribution in [0.25, 0.3) is 0 Å². The third kappa shape index (κ3) is 2.95. The number of hydrogen-bond acceptors (Lipinski definition) is 3. The Labute approximate surface area is 98.8 Å². The van der Waals surface area contributed by atoms with Gasteiger partial charge in [0.2, 0.25) is 5.88 Å². The lowest BCUT2D eigenvalue weighted by atomic mass is 9.97. The Morgan fingerprint density at radius 2 is 2.07 bits per heavy atom. The number of nitrogens with zero attached hydrogens (tertiary/aromatic N) is 2. The molecule has 1 aliphatic rings. The van der Waals surface area contributed by atoms with Gasteiger partial charge >= 0.3 is 0 Å². The van der Waals surface area contributed by atoms with E-state index in [4.69, 9.17) is 27.9 Å². The van der Waals surface area contributed by atoms with Gasteiger partial charge < -0.3 is 4.74 Å². The molecule has 1 heterocycles. The minimum atomic E-state index is 0.0476. The Morgan fingerprint density at radius 3 is 2.80 bits per heavy atom. The number of alkyl halides is 1. The number of halogens is 2. The predicted octanol–water partition coefficient (Wildman–Crippen LogP) is 3.06. The molecule has 82 valence electrons. The van der Waals surface area contributed by atoms with Crippen LogP contribution in [0.1, 0.15) is 25.7 Å². The number of hydrogen-bond donors (Lipinski definition) is 0. The molecular formula is C10H12Cl2N2O. The van der Waals surface area contributed by atoms with E-state index in [1.165, 1.54) is 12.7 Å². The van der Waals surface area contributed by atoms with Crippen LogP contribution in [0, 0.1) is 0 Å². The van der Waals surface area contributed by atoms with Crippen molar-refractivity contribution in [1.82, 2.24) is 9.97 Å². The van der Waals surface area contributed by atoms with Gasteiger partial charge in [0.1, 0.15) is 17.6 Å². The topological polar surface area (TPSA) is 35.0 Å². The molecule has 0 bridgehead atoms. The van der Waals surface area contributed by atoms with Crippen LogP contribution in [-0.2, 0) is 0 Å². The SMILES string of the molecule is Clc1cc(OC2CCCCC2Cl)ncn1. The van der Waals surface area contributed by atoms with Gasteiger partial charge in [-0.3, -0.25) is 0 Å². The third-order valence-electron chi connectivity index (χ3n) is 2.50. The van der Waals surface area contributed by atoms with Crippen LogP contribution in [0.2, 0.25) is 5.15 Å². The Kier molecular flexibility index (Phi) is 3.65. The monoisotopic (exact) mass is 246 g/mol. The molecular weight excluding hydrogens is 235 g/mol. The van der Waals surface area contributed by atoms with Crippen molar-refractivity contribution in [2.45, 2.75) is 37.2 Å². The maximum atomic E-state index is 6.17. The summed E-state index contributed by atoms with van der Waals surface area (Å²) in [5.74, 6) is 0.507. The molecule has 1 aliphatic carbocycles. The summed E-state index contributed by atoms with van der Waals surface area (Å²) in [4.78, 5) is 7.78. The van der Waals surface area contributed by atoms with Gasteiger partial charge in [-0.25, -0.2) is 9.97 Å². The van der Waals surface area contributed by atoms with Gasteiger partial charge in [0.15, 0.2) is 0 Å². The summed E-state index contributed by atoms with van der Waals surface area (Å²) in [6, 6.07) is 1.61. The number of aromatic nitrogens is 2. The van der Waals surface area contributed by atoms with Crippen LogP contribution in [0.3, 0.4) is 0 Å². The Balaban J connectivity index is 2.01. The maximum Gasteiger partial charge on any atom is 0.218 e. The summed E-state index contributed by atoms with van der Waals surface area (Å²) in [5.41, 5.74) is 0. The van der Waals surface area contributed by atoms with E-state index in [-0.39, 0.29) is 11.5 Å². The minimum absolute atomic E-state index is 0.0476. The lowest BCUT2D eigenvalue weighted by molar-refractivity contribution is 0.152. The van der Waals surface area contributed by atoms with Crippen molar-refractivity contribution >= 4 is 23.2 Å². The van der Waals surface area contributed by atoms with Crippen molar-refractivity contribution in [2.24, 2.45) is 0 Å². The zero-order valence-electron chi connectivity index (χ0n) is 8.20. The van der Waals surface area contributed by atoms with E-state index in [9.17, 15) is 0 Å². The van der Waals surface area contributed by atoms with Gasteiger partial charge in [0.05, 0.1) is 5.38 Å². The van der Waals surface area contributed by atoms with Crippen molar-refractivity contribution in [2.75, 3.05) is 0 Å². The van der Waals surface area contributed by atoms with Gasteiger partial charge in [-0.15, -0.1) is 11.6 Å². The van der Waals surface area contributed by atoms with Crippen LogP contribution >= 0.6 is 23.2 Å². The van der Waals surface area contributed by atoms with E-state index in [0.717, 1.165) is 19.3 Å². The van der Waals surface area contributed by atoms with Crippen molar-refractivity contribution in [1.29, 1.82) is 0 Å². The van der Waals surface area contributed by atoms with Crippen molar-refractivity contribution < 1.29 is 4.74 Å². The molecule has 2 rings (SSSR count). The van der Waals surface area contributed by atoms with Gasteiger partial charge in [-0.05, 0) is 19.3 Å². The summed E-state index contributed by atoms with van der Waals surface area (Å²) >= 11 is 11.9. The van der Waals surface area contributed by atoms with Gasteiger partial charge in [-0.1, -0.05) is 18.0 Å². The number of rotatable bonds is 2. The van der Waals surface area contributed by atoms with E-state index in [2.05, 4.69) is 9.97 Å². The van der Waals surface area contributed by atoms with Crippen molar-refractivity contribution in [3.8, 4) is 5.88 Å². The highest BCUT2D eigenvalue weighted by atomic mass is 35.5. The van der Waals surface area contributed by atoms with Gasteiger partial charge in [0, 0.05) is 6.07 Å². The molecule has 0 spiro atoms. The molecule has 1 saturated carbocycles. The Hall–Kier alpha value is -0.540. The van der Waals surface area contributed by atoms with Crippen LogP contribution in [-0.4, -0.2) is 21.4 Å². The van der Waals surface area contributed by atoms with Crippen LogP contribution < -0.4 is 4.74 Å². The zero-order valence-corrected chi connectivity index (χ0v) is 9.71. The van der Waals surface area contributed by atoms with Crippen LogP contribution in [0.5, 0.6) is 5.88 Å². The standard InChI is InChI=1S/C10H12Cl2N2O/c11-7-3-1-2-4-8(7)15-10-5-9(12)13-6-14-10/h5-8H,1-4H2. The summed E-state index contributed by atoms with van der Waals surface area (Å²) in [6.45, 7) is 0. The fourth-order valence-electron chi connectivity index (χ4n) is 1.72. The molecule has 0 amide bonds. The second kappa shape index (κ2) is 4.99. The quantitative estimate of drug-likeness (QED) is 0.595. The lowest BCUT2D eigenvalue weighted by Crippen LogP contribution is -2.31. The first kappa shape index (κ1) is 11.0. The first-order chi connectivity index (χ1) is 7.25. The summed E-state index contributed by atoms with van der Waals surface area (Å²) < 4.78 is 5.68. The van der Waals surface area contributed by atoms with Crippen molar-refractivity contribution in [3.05, 3.63) is 17.5 Å². The van der Waals surface area contributed by atoms with E-state index in [0.29, 0.717) is 11.0 Å². The molecule has 0 aromatic carbocycles. The third-order valence-corrected chi connectivity index (χ3v) is 3.21. The Morgan fingerprint density at radius 1 is 1.27 bits per heavy atom. The van der Waals surface area contributed by atoms with Crippen LogP contribution in [0.15, 0.2) is 12.4 Å². The highest BCUT2D eigenvalue weighted by Gasteiger charge is 2.25. The Bertz CT molecular complexity index is 335. The van der Waals surface area contributed by atoms with E-state index in [1.807, 2.05) is 0 Å². The molecule has 5 heteroatoms. The molecule has 0 N–H and O–H groups in total. The molecule has 2 atom stereocenters. The van der Waals surface area contributed by atoms with Crippen molar-refractivity contribution in [3.63, 3.8) is 0 Å². The largest absolute Gasteiger partial charge is 0.473 e. The first-order valence-electron chi connectivity index (χ1n) is 5.04. The van der Waals surface area contributed by atoms with E-state index in [1.54, 1.807) is 6.07 Å². The average molecular weight is 247 g/mol. The van der Waals surface area contributed by atoms with Gasteiger partial charge in [-0.2, -0.15) is 0 Å². The summed E-state index contributed by atoms with van der Waals surface area (Å²) in [7, 11) is 0. The summed E-state index contributed by atoms with van der Waals surface area (Å²) in [5, 5.41) is 0.467. The molecule has 0 aliphatic heterocycles. The molecule has 0 radical (unpaired) electrons. The van der Waals surface area contributed by atoms with Crippen LogP contribution in [0.4, 0.5) is 0 Å². The molecule has 1 fully saturated rings. The normalized spacial score (nSPS) is 26.3. The highest BCUT2D eigenvalue weighted by Crippen LogP contribution is 2.26. The first-order valence-corrected chi connectivity index (χ1v) is 5.85. The maximum absolute atomic E-state index is 6.17. The fourth-order valence-corrected chi connectivity index (χ4v) is 2.19. The van der Waals surface area contributed by atoms with E-state index >= 15 is 0 Å². The fraction of sp³-hybridized carbons (Fsp3) is 0.600. The average Bonchev–Trinajstić information content (AvgIpc) is 2.22. The van der Waals surface area contributed by atoms with Gasteiger partial charge in [0.25, 0.3) is 0 Å². The molecule has 3 nitrogen and oxygen atoms in total. The second-order valence-electron chi connectivity index (χ2n) is 3.64. The zero-order chi connectivity index (χ0) is 10.7. The molecule has 15 heavy (non-hydrogen) atoms. The molecule has 1 aromatic rings.